The number of carbonyl (C=O) groups is 3. The summed E-state index contributed by atoms with van der Waals surface area (Å²) in [6, 6.07) is -1.27. The Morgan fingerprint density at radius 2 is 1.78 bits per heavy atom. The molecule has 2 aliphatic heterocycles. The summed E-state index contributed by atoms with van der Waals surface area (Å²) in [4.78, 5) is 38.6. The summed E-state index contributed by atoms with van der Waals surface area (Å²) < 4.78 is 30.5. The molecule has 1 saturated heterocycles. The second kappa shape index (κ2) is 6.88. The fraction of sp³-hybridized carbons (Fsp3) is 0.706. The zero-order valence-corrected chi connectivity index (χ0v) is 18.7. The van der Waals surface area contributed by atoms with Gasteiger partial charge in [0.15, 0.2) is 21.0 Å². The average molecular weight is 465 g/mol. The second-order valence-corrected chi connectivity index (χ2v) is 11.4. The molecule has 0 aliphatic carbocycles. The molecule has 0 aromatic rings. The number of nitrogens with one attached hydrogen (secondary N) is 1. The van der Waals surface area contributed by atoms with Gasteiger partial charge in [-0.2, -0.15) is 0 Å². The van der Waals surface area contributed by atoms with Crippen molar-refractivity contribution >= 4 is 43.6 Å². The van der Waals surface area contributed by atoms with Crippen molar-refractivity contribution in [3.8, 4) is 0 Å². The number of nitrogens with zero attached hydrogens (tertiary/aromatic N) is 1. The minimum Gasteiger partial charge on any atom is -0.444 e. The van der Waals surface area contributed by atoms with Gasteiger partial charge in [-0.05, 0) is 26.3 Å². The van der Waals surface area contributed by atoms with E-state index in [1.54, 1.807) is 41.5 Å². The van der Waals surface area contributed by atoms with Crippen molar-refractivity contribution in [2.24, 2.45) is 5.41 Å². The third-order valence-electron chi connectivity index (χ3n) is 4.09. The van der Waals surface area contributed by atoms with Gasteiger partial charge in [0.05, 0.1) is 11.4 Å². The van der Waals surface area contributed by atoms with Crippen molar-refractivity contribution in [1.82, 2.24) is 10.2 Å². The third kappa shape index (κ3) is 4.21. The van der Waals surface area contributed by atoms with Crippen LogP contribution in [0.4, 0.5) is 4.79 Å². The van der Waals surface area contributed by atoms with Gasteiger partial charge in [0.2, 0.25) is 0 Å². The summed E-state index contributed by atoms with van der Waals surface area (Å²) >= 11 is 3.22. The Kier molecular flexibility index (Phi) is 5.57. The summed E-state index contributed by atoms with van der Waals surface area (Å²) in [5.74, 6) is -1.31. The summed E-state index contributed by atoms with van der Waals surface area (Å²) in [7, 11) is -3.77. The van der Waals surface area contributed by atoms with E-state index in [0.717, 1.165) is 4.90 Å². The predicted molar refractivity (Wildman–Crippen MR) is 103 cm³/mol. The Labute approximate surface area is 167 Å². The topological polar surface area (TPSA) is 110 Å². The highest BCUT2D eigenvalue weighted by molar-refractivity contribution is 9.09. The van der Waals surface area contributed by atoms with E-state index in [1.807, 2.05) is 0 Å². The van der Waals surface area contributed by atoms with Crippen LogP contribution < -0.4 is 5.32 Å². The molecule has 2 rings (SSSR count). The number of fused-ring (bicyclic) bond motifs is 1. The number of allylic oxidation sites excluding steroid dienone is 1. The van der Waals surface area contributed by atoms with Gasteiger partial charge >= 0.3 is 6.09 Å². The van der Waals surface area contributed by atoms with Crippen molar-refractivity contribution < 1.29 is 27.5 Å². The number of β-lactam (4-membered cyclic amide) rings is 1. The molecule has 27 heavy (non-hydrogen) atoms. The van der Waals surface area contributed by atoms with Gasteiger partial charge in [-0.25, -0.2) is 13.2 Å². The molecular weight excluding hydrogens is 440 g/mol. The Balaban J connectivity index is 2.39. The molecule has 10 heteroatoms. The molecule has 2 aliphatic rings. The smallest absolute Gasteiger partial charge is 0.408 e. The summed E-state index contributed by atoms with van der Waals surface area (Å²) in [6.07, 6.45) is -0.880. The molecule has 1 N–H and O–H groups in total. The lowest BCUT2D eigenvalue weighted by molar-refractivity contribution is -0.146. The lowest BCUT2D eigenvalue weighted by Gasteiger charge is -2.50. The van der Waals surface area contributed by atoms with Crippen LogP contribution in [0.15, 0.2) is 11.3 Å². The van der Waals surface area contributed by atoms with E-state index >= 15 is 0 Å². The van der Waals surface area contributed by atoms with Gasteiger partial charge < -0.3 is 10.1 Å². The fourth-order valence-corrected chi connectivity index (χ4v) is 5.68. The molecule has 152 valence electrons. The number of amides is 2. The van der Waals surface area contributed by atoms with Gasteiger partial charge in [0, 0.05) is 10.7 Å². The van der Waals surface area contributed by atoms with Crippen LogP contribution >= 0.6 is 15.9 Å². The second-order valence-electron chi connectivity index (χ2n) is 8.69. The highest BCUT2D eigenvalue weighted by atomic mass is 79.9. The lowest BCUT2D eigenvalue weighted by Crippen LogP contribution is -2.75. The Hall–Kier alpha value is -1.42. The molecule has 2 heterocycles. The van der Waals surface area contributed by atoms with Crippen molar-refractivity contribution in [2.75, 3.05) is 11.1 Å². The SMILES string of the molecule is CC(C)(C)OC(=O)N[C@@H]1C(=O)N2C(C(=O)C(C)(C)C)=C(CBr)CS(=O)(=O)[C@@H]12. The van der Waals surface area contributed by atoms with Crippen molar-refractivity contribution in [3.05, 3.63) is 11.3 Å². The Morgan fingerprint density at radius 3 is 2.22 bits per heavy atom. The van der Waals surface area contributed by atoms with Crippen LogP contribution in [-0.2, 0) is 24.2 Å². The lowest BCUT2D eigenvalue weighted by atomic mass is 9.85. The van der Waals surface area contributed by atoms with Crippen LogP contribution in [0.1, 0.15) is 41.5 Å². The van der Waals surface area contributed by atoms with Crippen LogP contribution in [0.2, 0.25) is 0 Å². The first-order chi connectivity index (χ1) is 12.1. The number of alkyl halides is 1. The predicted octanol–water partition coefficient (Wildman–Crippen LogP) is 1.74. The molecule has 2 atom stereocenters. The summed E-state index contributed by atoms with van der Waals surface area (Å²) in [5.41, 5.74) is -1.14. The van der Waals surface area contributed by atoms with Crippen molar-refractivity contribution in [1.29, 1.82) is 0 Å². The van der Waals surface area contributed by atoms with E-state index in [0.29, 0.717) is 5.57 Å². The Bertz CT molecular complexity index is 819. The maximum absolute atomic E-state index is 12.9. The molecule has 0 radical (unpaired) electrons. The van der Waals surface area contributed by atoms with E-state index < -0.39 is 44.3 Å². The summed E-state index contributed by atoms with van der Waals surface area (Å²) in [6.45, 7) is 10.1. The molecule has 0 aromatic carbocycles. The molecule has 0 bridgehead atoms. The molecular formula is C17H25BrN2O6S. The monoisotopic (exact) mass is 464 g/mol. The first-order valence-corrected chi connectivity index (χ1v) is 11.3. The quantitative estimate of drug-likeness (QED) is 0.502. The zero-order chi connectivity index (χ0) is 20.9. The Morgan fingerprint density at radius 1 is 1.22 bits per heavy atom. The van der Waals surface area contributed by atoms with E-state index in [1.165, 1.54) is 0 Å². The molecule has 1 fully saturated rings. The van der Waals surface area contributed by atoms with E-state index in [4.69, 9.17) is 4.74 Å². The standard InChI is InChI=1S/C17H25BrN2O6S/c1-16(2,3)12(21)11-9(7-18)8-27(24,25)14-10(13(22)20(11)14)19-15(23)26-17(4,5)6/h10,14H,7-8H2,1-6H3,(H,19,23)/t10-,14+/m1/s1. The maximum Gasteiger partial charge on any atom is 0.408 e. The minimum absolute atomic E-state index is 0.103. The molecule has 2 amide bonds. The number of rotatable bonds is 3. The normalized spacial score (nSPS) is 24.9. The number of ether oxygens (including phenoxy) is 1. The van der Waals surface area contributed by atoms with E-state index in [9.17, 15) is 22.8 Å². The van der Waals surface area contributed by atoms with Crippen LogP contribution in [0.3, 0.4) is 0 Å². The molecule has 8 nitrogen and oxygen atoms in total. The third-order valence-corrected chi connectivity index (χ3v) is 6.74. The largest absolute Gasteiger partial charge is 0.444 e. The van der Waals surface area contributed by atoms with E-state index in [-0.39, 0.29) is 22.6 Å². The van der Waals surface area contributed by atoms with Crippen LogP contribution in [0.25, 0.3) is 0 Å². The van der Waals surface area contributed by atoms with Gasteiger partial charge in [-0.1, -0.05) is 36.7 Å². The van der Waals surface area contributed by atoms with Crippen molar-refractivity contribution in [3.63, 3.8) is 0 Å². The number of halogens is 1. The zero-order valence-electron chi connectivity index (χ0n) is 16.3. The number of alkyl carbamates (subject to hydrolysis) is 1. The first-order valence-electron chi connectivity index (χ1n) is 8.47. The van der Waals surface area contributed by atoms with Gasteiger partial charge in [-0.15, -0.1) is 0 Å². The molecule has 0 spiro atoms. The van der Waals surface area contributed by atoms with Gasteiger partial charge in [0.25, 0.3) is 5.91 Å². The van der Waals surface area contributed by atoms with Gasteiger partial charge in [0.1, 0.15) is 11.6 Å². The highest BCUT2D eigenvalue weighted by Gasteiger charge is 2.61. The number of hydrogen-bond acceptors (Lipinski definition) is 6. The maximum atomic E-state index is 12.9. The van der Waals surface area contributed by atoms with E-state index in [2.05, 4.69) is 21.2 Å². The minimum atomic E-state index is -3.77. The first kappa shape index (κ1) is 21.9. The van der Waals surface area contributed by atoms with Crippen LogP contribution in [-0.4, -0.2) is 59.2 Å². The van der Waals surface area contributed by atoms with Gasteiger partial charge in [-0.3, -0.25) is 14.5 Å². The number of carbonyl (C=O) groups excluding carboxylic acids is 3. The molecule has 0 unspecified atom stereocenters. The molecule has 0 saturated carbocycles. The average Bonchev–Trinajstić information content (AvgIpc) is 2.47. The fourth-order valence-electron chi connectivity index (χ4n) is 2.93. The number of ketones is 1. The van der Waals surface area contributed by atoms with Crippen LogP contribution in [0.5, 0.6) is 0 Å². The molecule has 0 aromatic heterocycles. The number of hydrogen-bond donors (Lipinski definition) is 1. The van der Waals surface area contributed by atoms with Crippen molar-refractivity contribution in [2.45, 2.75) is 58.6 Å². The number of sulfone groups is 1. The van der Waals surface area contributed by atoms with Crippen LogP contribution in [0, 0.1) is 5.41 Å². The number of Topliss-reactive ketones (excluding diaryl/α,β-unsaturated/α-hetero) is 1. The highest BCUT2D eigenvalue weighted by Crippen LogP contribution is 2.40. The summed E-state index contributed by atoms with van der Waals surface area (Å²) in [5, 5.41) is 1.18.